The van der Waals surface area contributed by atoms with E-state index >= 15 is 0 Å². The fraction of sp³-hybridized carbons (Fsp3) is 0.333. The molecule has 2 aromatic heterocycles. The number of nitrogens with zero attached hydrogens (tertiary/aromatic N) is 3. The average Bonchev–Trinajstić information content (AvgIpc) is 3.21. The molecular formula is C21H21F3N4O6. The first-order chi connectivity index (χ1) is 16.0. The van der Waals surface area contributed by atoms with Crippen molar-refractivity contribution in [3.8, 4) is 11.5 Å². The molecule has 1 aliphatic heterocycles. The smallest absolute Gasteiger partial charge is 0.475 e. The number of carboxylic acid groups (broad SMARTS) is 1. The van der Waals surface area contributed by atoms with Crippen molar-refractivity contribution in [3.63, 3.8) is 0 Å². The number of hydroxylamine groups is 1. The van der Waals surface area contributed by atoms with Gasteiger partial charge >= 0.3 is 12.1 Å². The molecule has 3 N–H and O–H groups in total. The van der Waals surface area contributed by atoms with Crippen LogP contribution in [-0.4, -0.2) is 63.6 Å². The molecule has 13 heteroatoms. The summed E-state index contributed by atoms with van der Waals surface area (Å²) < 4.78 is 43.3. The summed E-state index contributed by atoms with van der Waals surface area (Å²) in [6, 6.07) is 8.63. The third-order valence-electron chi connectivity index (χ3n) is 4.73. The van der Waals surface area contributed by atoms with Crippen LogP contribution in [0.1, 0.15) is 24.2 Å². The van der Waals surface area contributed by atoms with E-state index in [1.54, 1.807) is 29.9 Å². The molecule has 34 heavy (non-hydrogen) atoms. The number of ether oxygens (including phenoxy) is 1. The number of oxazole rings is 1. The van der Waals surface area contributed by atoms with Crippen LogP contribution in [0.15, 0.2) is 40.9 Å². The number of hydrogen-bond donors (Lipinski definition) is 3. The summed E-state index contributed by atoms with van der Waals surface area (Å²) in [5.74, 6) is -2.04. The highest BCUT2D eigenvalue weighted by Gasteiger charge is 2.38. The zero-order valence-electron chi connectivity index (χ0n) is 18.0. The molecule has 3 heterocycles. The molecule has 10 nitrogen and oxygen atoms in total. The second-order valence-corrected chi connectivity index (χ2v) is 7.51. The number of pyridine rings is 1. The average molecular weight is 482 g/mol. The van der Waals surface area contributed by atoms with E-state index < -0.39 is 18.1 Å². The van der Waals surface area contributed by atoms with Gasteiger partial charge in [0.2, 0.25) is 5.89 Å². The number of carboxylic acids is 1. The number of alkyl halides is 3. The van der Waals surface area contributed by atoms with Crippen LogP contribution >= 0.6 is 0 Å². The Bertz CT molecular complexity index is 1160. The van der Waals surface area contributed by atoms with Gasteiger partial charge in [-0.25, -0.2) is 20.2 Å². The zero-order chi connectivity index (χ0) is 25.0. The molecule has 0 saturated carbocycles. The molecule has 1 aliphatic rings. The second-order valence-electron chi connectivity index (χ2n) is 7.51. The van der Waals surface area contributed by atoms with Crippen molar-refractivity contribution in [1.82, 2.24) is 15.4 Å². The summed E-state index contributed by atoms with van der Waals surface area (Å²) in [5, 5.41) is 15.9. The maximum absolute atomic E-state index is 11.5. The minimum atomic E-state index is -5.08. The summed E-state index contributed by atoms with van der Waals surface area (Å²) in [6.07, 6.45) is -3.03. The van der Waals surface area contributed by atoms with E-state index in [9.17, 15) is 18.0 Å². The summed E-state index contributed by atoms with van der Waals surface area (Å²) >= 11 is 0. The molecule has 1 saturated heterocycles. The van der Waals surface area contributed by atoms with Gasteiger partial charge in [-0.3, -0.25) is 10.0 Å². The summed E-state index contributed by atoms with van der Waals surface area (Å²) in [4.78, 5) is 31.6. The van der Waals surface area contributed by atoms with Gasteiger partial charge in [0.1, 0.15) is 11.3 Å². The van der Waals surface area contributed by atoms with Crippen LogP contribution in [0.25, 0.3) is 22.6 Å². The minimum absolute atomic E-state index is 0.164. The number of amides is 1. The van der Waals surface area contributed by atoms with E-state index in [0.29, 0.717) is 22.6 Å². The van der Waals surface area contributed by atoms with E-state index in [-0.39, 0.29) is 12.2 Å². The molecule has 1 amide bonds. The third-order valence-corrected chi connectivity index (χ3v) is 4.73. The molecule has 182 valence electrons. The molecule has 3 aromatic rings. The van der Waals surface area contributed by atoms with Crippen molar-refractivity contribution in [2.24, 2.45) is 0 Å². The maximum Gasteiger partial charge on any atom is 0.490 e. The Morgan fingerprint density at radius 2 is 1.79 bits per heavy atom. The lowest BCUT2D eigenvalue weighted by Crippen LogP contribution is -2.45. The number of morpholine rings is 1. The molecule has 0 spiro atoms. The number of anilines is 1. The molecule has 0 bridgehead atoms. The van der Waals surface area contributed by atoms with Crippen LogP contribution in [0.5, 0.6) is 0 Å². The zero-order valence-corrected chi connectivity index (χ0v) is 18.0. The van der Waals surface area contributed by atoms with E-state index in [1.807, 2.05) is 12.1 Å². The highest BCUT2D eigenvalue weighted by molar-refractivity contribution is 5.96. The number of carbonyl (C=O) groups excluding carboxylic acids is 1. The van der Waals surface area contributed by atoms with Crippen molar-refractivity contribution in [3.05, 3.63) is 42.1 Å². The molecule has 0 aliphatic carbocycles. The van der Waals surface area contributed by atoms with E-state index in [4.69, 9.17) is 24.3 Å². The first-order valence-electron chi connectivity index (χ1n) is 10.00. The number of carbonyl (C=O) groups is 2. The topological polar surface area (TPSA) is 138 Å². The molecular weight excluding hydrogens is 461 g/mol. The van der Waals surface area contributed by atoms with Gasteiger partial charge in [-0.15, -0.1) is 0 Å². The molecule has 4 rings (SSSR count). The molecule has 0 unspecified atom stereocenters. The molecule has 1 fully saturated rings. The predicted molar refractivity (Wildman–Crippen MR) is 112 cm³/mol. The third kappa shape index (κ3) is 5.99. The Morgan fingerprint density at radius 3 is 2.32 bits per heavy atom. The van der Waals surface area contributed by atoms with Gasteiger partial charge in [0.05, 0.1) is 17.8 Å². The number of hydrogen-bond acceptors (Lipinski definition) is 8. The Hall–Kier alpha value is -3.71. The van der Waals surface area contributed by atoms with Gasteiger partial charge in [0, 0.05) is 24.8 Å². The van der Waals surface area contributed by atoms with Gasteiger partial charge in [0.25, 0.3) is 5.91 Å². The number of fused-ring (bicyclic) bond motifs is 1. The number of rotatable bonds is 3. The highest BCUT2D eigenvalue weighted by atomic mass is 19.4. The fourth-order valence-corrected chi connectivity index (χ4v) is 3.32. The quantitative estimate of drug-likeness (QED) is 0.379. The largest absolute Gasteiger partial charge is 0.490 e. The number of halogens is 3. The van der Waals surface area contributed by atoms with Gasteiger partial charge < -0.3 is 19.2 Å². The molecule has 1 aromatic carbocycles. The number of aromatic nitrogens is 2. The van der Waals surface area contributed by atoms with Gasteiger partial charge in [0.15, 0.2) is 5.58 Å². The minimum Gasteiger partial charge on any atom is -0.475 e. The predicted octanol–water partition coefficient (Wildman–Crippen LogP) is 3.26. The number of nitrogens with one attached hydrogen (secondary N) is 1. The Kier molecular flexibility index (Phi) is 7.37. The van der Waals surface area contributed by atoms with Crippen LogP contribution in [0.3, 0.4) is 0 Å². The Morgan fingerprint density at radius 1 is 1.15 bits per heavy atom. The van der Waals surface area contributed by atoms with Gasteiger partial charge in [-0.2, -0.15) is 13.2 Å². The van der Waals surface area contributed by atoms with E-state index in [1.165, 1.54) is 0 Å². The SMILES string of the molecule is C[C@@H]1CN(c2ccc(-c3nc4cc(C(=O)NO)ccc4o3)cn2)C[C@H](C)O1.O=C(O)C(F)(F)F. The summed E-state index contributed by atoms with van der Waals surface area (Å²) in [5.41, 5.74) is 3.74. The standard InChI is InChI=1S/C19H20N4O4.C2HF3O2/c1-11-9-23(10-12(2)26-11)17-6-4-14(8-20-17)19-21-15-7-13(18(24)22-25)3-5-16(15)27-19;3-2(4,5)1(6)7/h3-8,11-12,25H,9-10H2,1-2H3,(H,22,24);(H,6,7)/t11-,12+;. The van der Waals surface area contributed by atoms with Crippen molar-refractivity contribution in [2.75, 3.05) is 18.0 Å². The van der Waals surface area contributed by atoms with Crippen LogP contribution in [0.4, 0.5) is 19.0 Å². The Labute approximate surface area is 190 Å². The molecule has 2 atom stereocenters. The highest BCUT2D eigenvalue weighted by Crippen LogP contribution is 2.26. The number of aliphatic carboxylic acids is 1. The van der Waals surface area contributed by atoms with Crippen molar-refractivity contribution in [2.45, 2.75) is 32.2 Å². The van der Waals surface area contributed by atoms with E-state index in [0.717, 1.165) is 24.5 Å². The van der Waals surface area contributed by atoms with Crippen molar-refractivity contribution >= 4 is 28.8 Å². The molecule has 0 radical (unpaired) electrons. The lowest BCUT2D eigenvalue weighted by molar-refractivity contribution is -0.192. The fourth-order valence-electron chi connectivity index (χ4n) is 3.32. The van der Waals surface area contributed by atoms with Crippen LogP contribution in [0.2, 0.25) is 0 Å². The van der Waals surface area contributed by atoms with Crippen LogP contribution < -0.4 is 10.4 Å². The number of benzene rings is 1. The summed E-state index contributed by atoms with van der Waals surface area (Å²) in [6.45, 7) is 5.71. The first kappa shape index (κ1) is 24.9. The van der Waals surface area contributed by atoms with Crippen molar-refractivity contribution < 1.29 is 42.2 Å². The van der Waals surface area contributed by atoms with Gasteiger partial charge in [-0.1, -0.05) is 0 Å². The van der Waals surface area contributed by atoms with Crippen LogP contribution in [-0.2, 0) is 9.53 Å². The maximum atomic E-state index is 11.5. The van der Waals surface area contributed by atoms with Crippen LogP contribution in [0, 0.1) is 0 Å². The lowest BCUT2D eigenvalue weighted by atomic mass is 10.2. The summed E-state index contributed by atoms with van der Waals surface area (Å²) in [7, 11) is 0. The van der Waals surface area contributed by atoms with Crippen molar-refractivity contribution in [1.29, 1.82) is 0 Å². The Balaban J connectivity index is 0.000000406. The van der Waals surface area contributed by atoms with E-state index in [2.05, 4.69) is 28.7 Å². The van der Waals surface area contributed by atoms with Gasteiger partial charge in [-0.05, 0) is 44.2 Å². The monoisotopic (exact) mass is 482 g/mol. The second kappa shape index (κ2) is 10.1. The lowest BCUT2D eigenvalue weighted by Gasteiger charge is -2.36. The normalized spacial score (nSPS) is 18.2. The first-order valence-corrected chi connectivity index (χ1v) is 10.00.